The van der Waals surface area contributed by atoms with E-state index in [4.69, 9.17) is 0 Å². The Hall–Kier alpha value is -1.35. The first kappa shape index (κ1) is 13.6. The summed E-state index contributed by atoms with van der Waals surface area (Å²) in [6.07, 6.45) is 5.50. The van der Waals surface area contributed by atoms with Crippen LogP contribution in [0.5, 0.6) is 0 Å². The highest BCUT2D eigenvalue weighted by molar-refractivity contribution is 5.79. The maximum absolute atomic E-state index is 12.7. The van der Waals surface area contributed by atoms with Gasteiger partial charge in [0.2, 0.25) is 5.91 Å². The van der Waals surface area contributed by atoms with Crippen molar-refractivity contribution < 1.29 is 4.79 Å². The maximum Gasteiger partial charge on any atom is 0.227 e. The van der Waals surface area contributed by atoms with Crippen LogP contribution in [-0.4, -0.2) is 36.5 Å². The molecule has 20 heavy (non-hydrogen) atoms. The third kappa shape index (κ3) is 3.04. The number of carbonyl (C=O) groups excluding carboxylic acids is 1. The number of piperidine rings is 1. The van der Waals surface area contributed by atoms with Crippen molar-refractivity contribution in [2.45, 2.75) is 38.1 Å². The first-order valence-corrected chi connectivity index (χ1v) is 7.90. The van der Waals surface area contributed by atoms with Gasteiger partial charge in [0.15, 0.2) is 0 Å². The molecule has 1 aromatic carbocycles. The number of likely N-dealkylation sites (tertiary alicyclic amines) is 1. The Morgan fingerprint density at radius 3 is 2.80 bits per heavy atom. The topological polar surface area (TPSA) is 32.3 Å². The van der Waals surface area contributed by atoms with E-state index in [1.54, 1.807) is 0 Å². The van der Waals surface area contributed by atoms with Crippen LogP contribution in [-0.2, 0) is 11.2 Å². The number of nitrogens with one attached hydrogen (secondary N) is 1. The molecule has 3 nitrogen and oxygen atoms in total. The fraction of sp³-hybridized carbons (Fsp3) is 0.588. The van der Waals surface area contributed by atoms with Crippen molar-refractivity contribution in [3.63, 3.8) is 0 Å². The third-order valence-electron chi connectivity index (χ3n) is 4.62. The van der Waals surface area contributed by atoms with Gasteiger partial charge in [-0.05, 0) is 44.2 Å². The van der Waals surface area contributed by atoms with Crippen LogP contribution in [0, 0.1) is 5.92 Å². The van der Waals surface area contributed by atoms with Gasteiger partial charge < -0.3 is 10.2 Å². The van der Waals surface area contributed by atoms with Gasteiger partial charge in [0, 0.05) is 19.1 Å². The summed E-state index contributed by atoms with van der Waals surface area (Å²) >= 11 is 0. The molecule has 1 aromatic rings. The molecule has 0 radical (unpaired) electrons. The number of hydrogen-bond donors (Lipinski definition) is 1. The Balaban J connectivity index is 1.64. The largest absolute Gasteiger partial charge is 0.339 e. The summed E-state index contributed by atoms with van der Waals surface area (Å²) in [4.78, 5) is 14.8. The molecular weight excluding hydrogens is 248 g/mol. The number of nitrogens with zero attached hydrogens (tertiary/aromatic N) is 1. The molecule has 2 fully saturated rings. The van der Waals surface area contributed by atoms with Crippen LogP contribution in [0.2, 0.25) is 0 Å². The Morgan fingerprint density at radius 1 is 1.20 bits per heavy atom. The molecule has 1 N–H and O–H groups in total. The van der Waals surface area contributed by atoms with Gasteiger partial charge in [0.25, 0.3) is 0 Å². The summed E-state index contributed by atoms with van der Waals surface area (Å²) in [5.74, 6) is 0.593. The van der Waals surface area contributed by atoms with Crippen LogP contribution in [0.15, 0.2) is 30.3 Å². The van der Waals surface area contributed by atoms with E-state index in [1.807, 2.05) is 0 Å². The van der Waals surface area contributed by atoms with E-state index in [9.17, 15) is 4.79 Å². The van der Waals surface area contributed by atoms with E-state index in [2.05, 4.69) is 40.5 Å². The van der Waals surface area contributed by atoms with E-state index in [1.165, 1.54) is 5.56 Å². The molecule has 2 aliphatic rings. The highest BCUT2D eigenvalue weighted by Crippen LogP contribution is 2.25. The molecule has 0 bridgehead atoms. The second kappa shape index (κ2) is 6.40. The lowest BCUT2D eigenvalue weighted by Gasteiger charge is -2.31. The predicted octanol–water partition coefficient (Wildman–Crippen LogP) is 2.22. The van der Waals surface area contributed by atoms with E-state index >= 15 is 0 Å². The van der Waals surface area contributed by atoms with Crippen LogP contribution in [0.3, 0.4) is 0 Å². The lowest BCUT2D eigenvalue weighted by Crippen LogP contribution is -2.45. The lowest BCUT2D eigenvalue weighted by molar-refractivity contribution is -0.136. The van der Waals surface area contributed by atoms with Gasteiger partial charge in [-0.3, -0.25) is 4.79 Å². The molecule has 2 heterocycles. The second-order valence-corrected chi connectivity index (χ2v) is 6.06. The molecule has 108 valence electrons. The molecule has 0 aromatic heterocycles. The molecule has 3 heteroatoms. The van der Waals surface area contributed by atoms with Crippen LogP contribution in [0.1, 0.15) is 31.2 Å². The van der Waals surface area contributed by atoms with E-state index in [0.29, 0.717) is 11.9 Å². The minimum atomic E-state index is 0.208. The van der Waals surface area contributed by atoms with Crippen LogP contribution in [0.25, 0.3) is 0 Å². The van der Waals surface area contributed by atoms with Gasteiger partial charge in [-0.15, -0.1) is 0 Å². The SMILES string of the molecule is O=C(C1CCCNC1)N1CCCC1Cc1ccccc1. The smallest absolute Gasteiger partial charge is 0.227 e. The van der Waals surface area contributed by atoms with Crippen molar-refractivity contribution >= 4 is 5.91 Å². The molecule has 2 aliphatic heterocycles. The minimum Gasteiger partial charge on any atom is -0.339 e. The highest BCUT2D eigenvalue weighted by Gasteiger charge is 2.33. The fourth-order valence-corrected chi connectivity index (χ4v) is 3.52. The molecule has 2 unspecified atom stereocenters. The van der Waals surface area contributed by atoms with E-state index < -0.39 is 0 Å². The molecule has 1 amide bonds. The van der Waals surface area contributed by atoms with Crippen molar-refractivity contribution in [1.29, 1.82) is 0 Å². The Kier molecular flexibility index (Phi) is 4.36. The van der Waals surface area contributed by atoms with Crippen LogP contribution >= 0.6 is 0 Å². The van der Waals surface area contributed by atoms with Crippen molar-refractivity contribution in [1.82, 2.24) is 10.2 Å². The predicted molar refractivity (Wildman–Crippen MR) is 80.5 cm³/mol. The highest BCUT2D eigenvalue weighted by atomic mass is 16.2. The Morgan fingerprint density at radius 2 is 2.05 bits per heavy atom. The average molecular weight is 272 g/mol. The average Bonchev–Trinajstić information content (AvgIpc) is 2.96. The normalized spacial score (nSPS) is 26.7. The van der Waals surface area contributed by atoms with Gasteiger partial charge in [-0.1, -0.05) is 30.3 Å². The van der Waals surface area contributed by atoms with E-state index in [0.717, 1.165) is 51.7 Å². The van der Waals surface area contributed by atoms with Gasteiger partial charge in [-0.2, -0.15) is 0 Å². The van der Waals surface area contributed by atoms with Crippen molar-refractivity contribution in [3.05, 3.63) is 35.9 Å². The zero-order chi connectivity index (χ0) is 13.8. The summed E-state index contributed by atoms with van der Waals surface area (Å²) in [5.41, 5.74) is 1.35. The molecule has 0 spiro atoms. The molecular formula is C17H24N2O. The van der Waals surface area contributed by atoms with Gasteiger partial charge in [0.05, 0.1) is 5.92 Å². The van der Waals surface area contributed by atoms with Gasteiger partial charge in [-0.25, -0.2) is 0 Å². The number of rotatable bonds is 3. The Labute approximate surface area is 121 Å². The zero-order valence-corrected chi connectivity index (χ0v) is 12.1. The van der Waals surface area contributed by atoms with Crippen molar-refractivity contribution in [3.8, 4) is 0 Å². The summed E-state index contributed by atoms with van der Waals surface area (Å²) < 4.78 is 0. The summed E-state index contributed by atoms with van der Waals surface area (Å²) in [7, 11) is 0. The molecule has 2 atom stereocenters. The minimum absolute atomic E-state index is 0.208. The summed E-state index contributed by atoms with van der Waals surface area (Å²) in [6, 6.07) is 11.0. The van der Waals surface area contributed by atoms with Crippen LogP contribution in [0.4, 0.5) is 0 Å². The van der Waals surface area contributed by atoms with Gasteiger partial charge in [0.1, 0.15) is 0 Å². The van der Waals surface area contributed by atoms with Crippen LogP contribution < -0.4 is 5.32 Å². The van der Waals surface area contributed by atoms with Crippen molar-refractivity contribution in [2.24, 2.45) is 5.92 Å². The fourth-order valence-electron chi connectivity index (χ4n) is 3.52. The molecule has 3 rings (SSSR count). The van der Waals surface area contributed by atoms with E-state index in [-0.39, 0.29) is 5.92 Å². The summed E-state index contributed by atoms with van der Waals surface area (Å²) in [6.45, 7) is 2.89. The zero-order valence-electron chi connectivity index (χ0n) is 12.1. The quantitative estimate of drug-likeness (QED) is 0.915. The molecule has 0 saturated carbocycles. The number of benzene rings is 1. The van der Waals surface area contributed by atoms with Gasteiger partial charge >= 0.3 is 0 Å². The third-order valence-corrected chi connectivity index (χ3v) is 4.62. The maximum atomic E-state index is 12.7. The Bertz CT molecular complexity index is 440. The summed E-state index contributed by atoms with van der Waals surface area (Å²) in [5, 5.41) is 3.36. The first-order valence-electron chi connectivity index (χ1n) is 7.90. The monoisotopic (exact) mass is 272 g/mol. The number of hydrogen-bond acceptors (Lipinski definition) is 2. The lowest BCUT2D eigenvalue weighted by atomic mass is 9.97. The second-order valence-electron chi connectivity index (χ2n) is 6.06. The number of carbonyl (C=O) groups is 1. The standard InChI is InChI=1S/C17H24N2O/c20-17(15-8-4-10-18-13-15)19-11-5-9-16(19)12-14-6-2-1-3-7-14/h1-3,6-7,15-16,18H,4-5,8-13H2. The van der Waals surface area contributed by atoms with Crippen molar-refractivity contribution in [2.75, 3.05) is 19.6 Å². The molecule has 0 aliphatic carbocycles. The first-order chi connectivity index (χ1) is 9.84. The number of amides is 1. The molecule has 2 saturated heterocycles.